The van der Waals surface area contributed by atoms with E-state index in [4.69, 9.17) is 0 Å². The number of amides is 1. The number of aromatic hydroxyl groups is 1. The van der Waals surface area contributed by atoms with Gasteiger partial charge in [-0.3, -0.25) is 4.79 Å². The molecule has 0 radical (unpaired) electrons. The number of phenolic OH excluding ortho intramolecular Hbond substituents is 1. The molecular formula is C23H33NO3. The predicted octanol–water partition coefficient (Wildman–Crippen LogP) is 4.49. The summed E-state index contributed by atoms with van der Waals surface area (Å²) in [6.45, 7) is 1.47. The minimum Gasteiger partial charge on any atom is -0.508 e. The molecule has 1 unspecified atom stereocenters. The maximum atomic E-state index is 12.6. The number of hydrogen-bond acceptors (Lipinski definition) is 3. The van der Waals surface area contributed by atoms with E-state index < -0.39 is 0 Å². The minimum absolute atomic E-state index is 0.0559. The molecule has 0 spiro atoms. The van der Waals surface area contributed by atoms with Crippen molar-refractivity contribution in [3.8, 4) is 5.75 Å². The van der Waals surface area contributed by atoms with Crippen molar-refractivity contribution in [3.05, 3.63) is 29.3 Å². The summed E-state index contributed by atoms with van der Waals surface area (Å²) in [4.78, 5) is 14.5. The summed E-state index contributed by atoms with van der Waals surface area (Å²) in [6, 6.07) is 5.12. The molecule has 1 atom stereocenters. The topological polar surface area (TPSA) is 60.8 Å². The van der Waals surface area contributed by atoms with E-state index in [1.54, 1.807) is 12.1 Å². The molecule has 4 nitrogen and oxygen atoms in total. The maximum absolute atomic E-state index is 12.6. The van der Waals surface area contributed by atoms with Gasteiger partial charge in [-0.1, -0.05) is 38.2 Å². The number of fused-ring (bicyclic) bond motifs is 1. The number of rotatable bonds is 5. The van der Waals surface area contributed by atoms with Crippen molar-refractivity contribution in [2.75, 3.05) is 6.54 Å². The molecule has 4 heteroatoms. The highest BCUT2D eigenvalue weighted by Crippen LogP contribution is 2.37. The van der Waals surface area contributed by atoms with Gasteiger partial charge in [0, 0.05) is 18.7 Å². The van der Waals surface area contributed by atoms with Crippen LogP contribution in [0.3, 0.4) is 0 Å². The van der Waals surface area contributed by atoms with Crippen LogP contribution in [0.4, 0.5) is 0 Å². The van der Waals surface area contributed by atoms with Gasteiger partial charge >= 0.3 is 0 Å². The molecule has 2 fully saturated rings. The molecule has 3 aliphatic rings. The number of benzene rings is 1. The fraction of sp³-hybridized carbons (Fsp3) is 0.696. The van der Waals surface area contributed by atoms with E-state index >= 15 is 0 Å². The lowest BCUT2D eigenvalue weighted by Crippen LogP contribution is -2.34. The third-order valence-corrected chi connectivity index (χ3v) is 7.19. The van der Waals surface area contributed by atoms with Crippen LogP contribution in [0.15, 0.2) is 18.2 Å². The van der Waals surface area contributed by atoms with Crippen molar-refractivity contribution in [1.29, 1.82) is 0 Å². The first-order chi connectivity index (χ1) is 13.1. The predicted molar refractivity (Wildman–Crippen MR) is 105 cm³/mol. The van der Waals surface area contributed by atoms with Crippen molar-refractivity contribution in [3.63, 3.8) is 0 Å². The normalized spacial score (nSPS) is 27.6. The van der Waals surface area contributed by atoms with E-state index in [1.807, 2.05) is 11.0 Å². The van der Waals surface area contributed by atoms with Gasteiger partial charge in [0.1, 0.15) is 5.75 Å². The highest BCUT2D eigenvalue weighted by atomic mass is 16.3. The Bertz CT molecular complexity index is 660. The molecule has 2 saturated carbocycles. The number of aliphatic hydroxyl groups is 1. The van der Waals surface area contributed by atoms with Gasteiger partial charge in [-0.15, -0.1) is 0 Å². The summed E-state index contributed by atoms with van der Waals surface area (Å²) in [5, 5.41) is 20.3. The lowest BCUT2D eigenvalue weighted by molar-refractivity contribution is 0.0419. The Morgan fingerprint density at radius 3 is 2.48 bits per heavy atom. The number of nitrogens with zero attached hydrogens (tertiary/aromatic N) is 1. The second kappa shape index (κ2) is 8.22. The molecule has 1 heterocycles. The van der Waals surface area contributed by atoms with Gasteiger partial charge in [0.15, 0.2) is 0 Å². The number of phenols is 1. The molecular weight excluding hydrogens is 338 g/mol. The van der Waals surface area contributed by atoms with Crippen LogP contribution in [0.2, 0.25) is 0 Å². The molecule has 2 aliphatic carbocycles. The van der Waals surface area contributed by atoms with E-state index in [2.05, 4.69) is 0 Å². The smallest absolute Gasteiger partial charge is 0.254 e. The van der Waals surface area contributed by atoms with Gasteiger partial charge in [0.2, 0.25) is 0 Å². The van der Waals surface area contributed by atoms with Crippen LogP contribution < -0.4 is 0 Å². The van der Waals surface area contributed by atoms with Crippen LogP contribution in [0.1, 0.15) is 80.1 Å². The first-order valence-electron chi connectivity index (χ1n) is 10.9. The van der Waals surface area contributed by atoms with Crippen LogP contribution in [0.5, 0.6) is 5.75 Å². The van der Waals surface area contributed by atoms with Crippen LogP contribution in [0.25, 0.3) is 0 Å². The number of carbonyl (C=O) groups excluding carboxylic acids is 1. The molecule has 27 heavy (non-hydrogen) atoms. The summed E-state index contributed by atoms with van der Waals surface area (Å²) in [5.74, 6) is 1.95. The quantitative estimate of drug-likeness (QED) is 0.802. The first kappa shape index (κ1) is 18.8. The van der Waals surface area contributed by atoms with Crippen LogP contribution >= 0.6 is 0 Å². The zero-order valence-corrected chi connectivity index (χ0v) is 16.3. The Balaban J connectivity index is 1.24. The Labute approximate surface area is 162 Å². The van der Waals surface area contributed by atoms with Gasteiger partial charge in [-0.05, 0) is 67.6 Å². The van der Waals surface area contributed by atoms with Crippen molar-refractivity contribution in [1.82, 2.24) is 4.90 Å². The van der Waals surface area contributed by atoms with Crippen molar-refractivity contribution in [2.45, 2.75) is 76.9 Å². The average molecular weight is 372 g/mol. The van der Waals surface area contributed by atoms with E-state index in [0.717, 1.165) is 50.1 Å². The SMILES string of the molecule is O=C1c2cc(O)ccc2CN1CC1CCC(C(O)CC2CCCCC2)CC1. The summed E-state index contributed by atoms with van der Waals surface area (Å²) >= 11 is 0. The fourth-order valence-electron chi connectivity index (χ4n) is 5.52. The Morgan fingerprint density at radius 2 is 1.74 bits per heavy atom. The maximum Gasteiger partial charge on any atom is 0.254 e. The van der Waals surface area contributed by atoms with Gasteiger partial charge in [0.25, 0.3) is 5.91 Å². The van der Waals surface area contributed by atoms with Crippen LogP contribution in [-0.4, -0.2) is 33.7 Å². The Morgan fingerprint density at radius 1 is 1.00 bits per heavy atom. The largest absolute Gasteiger partial charge is 0.508 e. The third-order valence-electron chi connectivity index (χ3n) is 7.19. The molecule has 148 valence electrons. The first-order valence-corrected chi connectivity index (χ1v) is 10.9. The van der Waals surface area contributed by atoms with E-state index in [-0.39, 0.29) is 17.8 Å². The monoisotopic (exact) mass is 371 g/mol. The van der Waals surface area contributed by atoms with E-state index in [1.165, 1.54) is 32.1 Å². The average Bonchev–Trinajstić information content (AvgIpc) is 2.98. The van der Waals surface area contributed by atoms with Crippen LogP contribution in [-0.2, 0) is 6.54 Å². The second-order valence-corrected chi connectivity index (χ2v) is 9.12. The number of aliphatic hydroxyl groups excluding tert-OH is 1. The van der Waals surface area contributed by atoms with Gasteiger partial charge < -0.3 is 15.1 Å². The fourth-order valence-corrected chi connectivity index (χ4v) is 5.52. The molecule has 1 amide bonds. The highest BCUT2D eigenvalue weighted by molar-refractivity contribution is 5.98. The van der Waals surface area contributed by atoms with E-state index in [9.17, 15) is 15.0 Å². The number of hydrogen-bond donors (Lipinski definition) is 2. The molecule has 0 bridgehead atoms. The summed E-state index contributed by atoms with van der Waals surface area (Å²) < 4.78 is 0. The third kappa shape index (κ3) is 4.31. The van der Waals surface area contributed by atoms with Crippen molar-refractivity contribution in [2.24, 2.45) is 17.8 Å². The Kier molecular flexibility index (Phi) is 5.72. The van der Waals surface area contributed by atoms with Crippen molar-refractivity contribution < 1.29 is 15.0 Å². The molecule has 4 rings (SSSR count). The lowest BCUT2D eigenvalue weighted by Gasteiger charge is -2.35. The molecule has 1 aromatic carbocycles. The van der Waals surface area contributed by atoms with Crippen molar-refractivity contribution >= 4 is 5.91 Å². The Hall–Kier alpha value is -1.55. The minimum atomic E-state index is -0.130. The zero-order valence-electron chi connectivity index (χ0n) is 16.3. The van der Waals surface area contributed by atoms with Gasteiger partial charge in [-0.2, -0.15) is 0 Å². The zero-order chi connectivity index (χ0) is 18.8. The molecule has 1 aromatic rings. The molecule has 0 saturated heterocycles. The lowest BCUT2D eigenvalue weighted by atomic mass is 9.75. The summed E-state index contributed by atoms with van der Waals surface area (Å²) in [6.07, 6.45) is 11.9. The molecule has 2 N–H and O–H groups in total. The standard InChI is InChI=1S/C23H33NO3/c25-20-11-10-19-15-24(23(27)21(19)13-20)14-17-6-8-18(9-7-17)22(26)12-16-4-2-1-3-5-16/h10-11,13,16-18,22,25-26H,1-9,12,14-15H2. The summed E-state index contributed by atoms with van der Waals surface area (Å²) in [5.41, 5.74) is 1.68. The van der Waals surface area contributed by atoms with Gasteiger partial charge in [-0.25, -0.2) is 0 Å². The summed E-state index contributed by atoms with van der Waals surface area (Å²) in [7, 11) is 0. The van der Waals surface area contributed by atoms with Gasteiger partial charge in [0.05, 0.1) is 6.10 Å². The molecule has 1 aliphatic heterocycles. The van der Waals surface area contributed by atoms with E-state index in [0.29, 0.717) is 23.9 Å². The molecule has 0 aromatic heterocycles. The van der Waals surface area contributed by atoms with Crippen LogP contribution in [0, 0.1) is 17.8 Å². The number of carbonyl (C=O) groups is 1. The second-order valence-electron chi connectivity index (χ2n) is 9.12. The highest BCUT2D eigenvalue weighted by Gasteiger charge is 2.33.